The molecule has 1 unspecified atom stereocenters. The van der Waals surface area contributed by atoms with Crippen molar-refractivity contribution in [3.05, 3.63) is 35.9 Å². The molecular weight excluding hydrogens is 254 g/mol. The van der Waals surface area contributed by atoms with Crippen LogP contribution in [0.5, 0.6) is 0 Å². The zero-order valence-corrected chi connectivity index (χ0v) is 12.2. The molecule has 0 radical (unpaired) electrons. The maximum atomic E-state index is 12.8. The molecule has 1 aliphatic rings. The standard InChI is InChI=1S/C16H23NO3/c1-17(11-14(18)12-20-2)15(19)16(9-6-10-16)13-7-4-3-5-8-13/h3-5,7-8,14,18H,6,9-12H2,1-2H3. The van der Waals surface area contributed by atoms with Gasteiger partial charge in [-0.3, -0.25) is 4.79 Å². The normalized spacial score (nSPS) is 18.1. The summed E-state index contributed by atoms with van der Waals surface area (Å²) in [5.41, 5.74) is 0.701. The van der Waals surface area contributed by atoms with Gasteiger partial charge in [-0.05, 0) is 18.4 Å². The molecule has 1 saturated carbocycles. The van der Waals surface area contributed by atoms with Gasteiger partial charge in [0.05, 0.1) is 18.1 Å². The van der Waals surface area contributed by atoms with E-state index < -0.39 is 6.10 Å². The predicted molar refractivity (Wildman–Crippen MR) is 77.5 cm³/mol. The highest BCUT2D eigenvalue weighted by molar-refractivity contribution is 5.89. The molecule has 4 heteroatoms. The number of hydrogen-bond donors (Lipinski definition) is 1. The van der Waals surface area contributed by atoms with Crippen molar-refractivity contribution in [2.75, 3.05) is 27.3 Å². The lowest BCUT2D eigenvalue weighted by molar-refractivity contribution is -0.141. The zero-order valence-electron chi connectivity index (χ0n) is 12.2. The van der Waals surface area contributed by atoms with Gasteiger partial charge in [-0.2, -0.15) is 0 Å². The van der Waals surface area contributed by atoms with Gasteiger partial charge in [0.25, 0.3) is 0 Å². The largest absolute Gasteiger partial charge is 0.389 e. The summed E-state index contributed by atoms with van der Waals surface area (Å²) in [6.45, 7) is 0.553. The van der Waals surface area contributed by atoms with Crippen LogP contribution in [0, 0.1) is 0 Å². The van der Waals surface area contributed by atoms with E-state index in [1.54, 1.807) is 19.1 Å². The number of ether oxygens (including phenoxy) is 1. The smallest absolute Gasteiger partial charge is 0.233 e. The number of aliphatic hydroxyl groups is 1. The molecule has 0 spiro atoms. The Kier molecular flexibility index (Phi) is 4.78. The van der Waals surface area contributed by atoms with Crippen molar-refractivity contribution >= 4 is 5.91 Å². The lowest BCUT2D eigenvalue weighted by Gasteiger charge is -2.43. The highest BCUT2D eigenvalue weighted by Gasteiger charge is 2.46. The fourth-order valence-electron chi connectivity index (χ4n) is 2.92. The van der Waals surface area contributed by atoms with Gasteiger partial charge >= 0.3 is 0 Å². The third-order valence-electron chi connectivity index (χ3n) is 4.13. The Morgan fingerprint density at radius 1 is 1.40 bits per heavy atom. The predicted octanol–water partition coefficient (Wildman–Crippen LogP) is 1.57. The summed E-state index contributed by atoms with van der Waals surface area (Å²) in [5.74, 6) is 0.102. The minimum absolute atomic E-state index is 0.102. The summed E-state index contributed by atoms with van der Waals surface area (Å²) in [7, 11) is 3.30. The van der Waals surface area contributed by atoms with Crippen molar-refractivity contribution in [2.45, 2.75) is 30.8 Å². The monoisotopic (exact) mass is 277 g/mol. The first kappa shape index (κ1) is 15.0. The zero-order chi connectivity index (χ0) is 14.6. The molecule has 2 rings (SSSR count). The van der Waals surface area contributed by atoms with Gasteiger partial charge in [-0.1, -0.05) is 36.8 Å². The molecule has 0 saturated heterocycles. The van der Waals surface area contributed by atoms with E-state index in [4.69, 9.17) is 4.74 Å². The van der Waals surface area contributed by atoms with E-state index in [0.717, 1.165) is 24.8 Å². The molecule has 1 atom stereocenters. The van der Waals surface area contributed by atoms with E-state index in [1.807, 2.05) is 30.3 Å². The fraction of sp³-hybridized carbons (Fsp3) is 0.562. The molecule has 1 N–H and O–H groups in total. The quantitative estimate of drug-likeness (QED) is 0.859. The lowest BCUT2D eigenvalue weighted by Crippen LogP contribution is -2.51. The van der Waals surface area contributed by atoms with Crippen molar-refractivity contribution in [3.8, 4) is 0 Å². The molecule has 0 heterocycles. The van der Waals surface area contributed by atoms with Crippen LogP contribution >= 0.6 is 0 Å². The molecule has 110 valence electrons. The molecule has 0 bridgehead atoms. The second kappa shape index (κ2) is 6.37. The molecule has 0 aliphatic heterocycles. The van der Waals surface area contributed by atoms with Crippen molar-refractivity contribution in [3.63, 3.8) is 0 Å². The summed E-state index contributed by atoms with van der Waals surface area (Å²) in [4.78, 5) is 14.4. The summed E-state index contributed by atoms with van der Waals surface area (Å²) in [5, 5.41) is 9.78. The summed E-state index contributed by atoms with van der Waals surface area (Å²) in [6.07, 6.45) is 2.22. The van der Waals surface area contributed by atoms with E-state index in [9.17, 15) is 9.90 Å². The Bertz CT molecular complexity index is 442. The number of carbonyl (C=O) groups excluding carboxylic acids is 1. The van der Waals surface area contributed by atoms with Gasteiger partial charge in [0.15, 0.2) is 0 Å². The first-order valence-corrected chi connectivity index (χ1v) is 7.08. The van der Waals surface area contributed by atoms with Gasteiger partial charge in [-0.25, -0.2) is 0 Å². The van der Waals surface area contributed by atoms with E-state index >= 15 is 0 Å². The second-order valence-corrected chi connectivity index (χ2v) is 5.60. The second-order valence-electron chi connectivity index (χ2n) is 5.60. The summed E-state index contributed by atoms with van der Waals surface area (Å²) in [6, 6.07) is 9.96. The van der Waals surface area contributed by atoms with Crippen LogP contribution in [0.1, 0.15) is 24.8 Å². The Morgan fingerprint density at radius 2 is 2.05 bits per heavy atom. The van der Waals surface area contributed by atoms with Gasteiger partial charge in [0.2, 0.25) is 5.91 Å². The number of nitrogens with zero attached hydrogens (tertiary/aromatic N) is 1. The number of rotatable bonds is 6. The highest BCUT2D eigenvalue weighted by atomic mass is 16.5. The molecule has 1 amide bonds. The molecule has 20 heavy (non-hydrogen) atoms. The molecule has 1 fully saturated rings. The van der Waals surface area contributed by atoms with Crippen molar-refractivity contribution in [1.29, 1.82) is 0 Å². The SMILES string of the molecule is COCC(O)CN(C)C(=O)C1(c2ccccc2)CCC1. The number of amides is 1. The Labute approximate surface area is 120 Å². The Morgan fingerprint density at radius 3 is 2.55 bits per heavy atom. The topological polar surface area (TPSA) is 49.8 Å². The highest BCUT2D eigenvalue weighted by Crippen LogP contribution is 2.44. The molecular formula is C16H23NO3. The van der Waals surface area contributed by atoms with Gasteiger partial charge in [0.1, 0.15) is 0 Å². The van der Waals surface area contributed by atoms with Gasteiger partial charge in [-0.15, -0.1) is 0 Å². The molecule has 1 aromatic rings. The molecule has 4 nitrogen and oxygen atoms in total. The van der Waals surface area contributed by atoms with Crippen LogP contribution in [0.3, 0.4) is 0 Å². The van der Waals surface area contributed by atoms with Crippen LogP contribution in [-0.4, -0.2) is 49.3 Å². The number of carbonyl (C=O) groups is 1. The fourth-order valence-corrected chi connectivity index (χ4v) is 2.92. The summed E-state index contributed by atoms with van der Waals surface area (Å²) < 4.78 is 4.91. The van der Waals surface area contributed by atoms with Crippen LogP contribution in [-0.2, 0) is 14.9 Å². The first-order chi connectivity index (χ1) is 9.60. The van der Waals surface area contributed by atoms with Gasteiger partial charge in [0, 0.05) is 20.7 Å². The maximum Gasteiger partial charge on any atom is 0.233 e. The Hall–Kier alpha value is -1.39. The van der Waals surface area contributed by atoms with Crippen LogP contribution in [0.4, 0.5) is 0 Å². The van der Waals surface area contributed by atoms with Crippen molar-refractivity contribution in [2.24, 2.45) is 0 Å². The van der Waals surface area contributed by atoms with E-state index in [-0.39, 0.29) is 17.9 Å². The van der Waals surface area contributed by atoms with Crippen LogP contribution < -0.4 is 0 Å². The Balaban J connectivity index is 2.10. The minimum Gasteiger partial charge on any atom is -0.389 e. The third kappa shape index (κ3) is 2.86. The molecule has 1 aliphatic carbocycles. The maximum absolute atomic E-state index is 12.8. The summed E-state index contributed by atoms with van der Waals surface area (Å²) >= 11 is 0. The lowest BCUT2D eigenvalue weighted by atomic mass is 9.63. The number of hydrogen-bond acceptors (Lipinski definition) is 3. The van der Waals surface area contributed by atoms with E-state index in [2.05, 4.69) is 0 Å². The van der Waals surface area contributed by atoms with E-state index in [1.165, 1.54) is 0 Å². The van der Waals surface area contributed by atoms with Crippen molar-refractivity contribution in [1.82, 2.24) is 4.90 Å². The van der Waals surface area contributed by atoms with Crippen LogP contribution in [0.25, 0.3) is 0 Å². The number of benzene rings is 1. The molecule has 1 aromatic carbocycles. The van der Waals surface area contributed by atoms with E-state index in [0.29, 0.717) is 6.54 Å². The van der Waals surface area contributed by atoms with Crippen LogP contribution in [0.15, 0.2) is 30.3 Å². The third-order valence-corrected chi connectivity index (χ3v) is 4.13. The van der Waals surface area contributed by atoms with Crippen LogP contribution in [0.2, 0.25) is 0 Å². The number of likely N-dealkylation sites (N-methyl/N-ethyl adjacent to an activating group) is 1. The average Bonchev–Trinajstić information content (AvgIpc) is 2.38. The first-order valence-electron chi connectivity index (χ1n) is 7.08. The number of methoxy groups -OCH3 is 1. The van der Waals surface area contributed by atoms with Crippen molar-refractivity contribution < 1.29 is 14.6 Å². The molecule has 0 aromatic heterocycles. The number of aliphatic hydroxyl groups excluding tert-OH is 1. The average molecular weight is 277 g/mol. The minimum atomic E-state index is -0.637. The van der Waals surface area contributed by atoms with Gasteiger partial charge < -0.3 is 14.7 Å².